The number of aromatic nitrogens is 3. The highest BCUT2D eigenvalue weighted by molar-refractivity contribution is 6.28. The average molecular weight is 294 g/mol. The van der Waals surface area contributed by atoms with Crippen LogP contribution in [0.25, 0.3) is 11.0 Å². The van der Waals surface area contributed by atoms with Crippen LogP contribution in [-0.2, 0) is 11.3 Å². The lowest BCUT2D eigenvalue weighted by atomic mass is 10.00. The molecule has 0 radical (unpaired) electrons. The zero-order valence-corrected chi connectivity index (χ0v) is 12.1. The van der Waals surface area contributed by atoms with E-state index in [2.05, 4.69) is 9.97 Å². The summed E-state index contributed by atoms with van der Waals surface area (Å²) in [5, 5.41) is 1.05. The minimum Gasteiger partial charge on any atom is -0.381 e. The molecule has 0 N–H and O–H groups in total. The van der Waals surface area contributed by atoms with Crippen molar-refractivity contribution in [3.05, 3.63) is 33.5 Å². The van der Waals surface area contributed by atoms with Crippen LogP contribution in [0.4, 0.5) is 0 Å². The second-order valence-electron chi connectivity index (χ2n) is 5.21. The largest absolute Gasteiger partial charge is 0.381 e. The highest BCUT2D eigenvalue weighted by atomic mass is 35.5. The predicted octanol–water partition coefficient (Wildman–Crippen LogP) is 2.18. The maximum atomic E-state index is 12.3. The molecule has 1 saturated heterocycles. The van der Waals surface area contributed by atoms with E-state index in [9.17, 15) is 4.79 Å². The van der Waals surface area contributed by atoms with E-state index < -0.39 is 0 Å². The van der Waals surface area contributed by atoms with Crippen molar-refractivity contribution in [2.75, 3.05) is 13.2 Å². The Hall–Kier alpha value is -1.46. The van der Waals surface area contributed by atoms with Crippen molar-refractivity contribution in [3.63, 3.8) is 0 Å². The number of nitrogens with zero attached hydrogens (tertiary/aromatic N) is 3. The molecule has 0 saturated carbocycles. The summed E-state index contributed by atoms with van der Waals surface area (Å²) in [6.45, 7) is 4.07. The van der Waals surface area contributed by atoms with E-state index in [1.165, 1.54) is 0 Å². The molecule has 6 heteroatoms. The third kappa shape index (κ3) is 2.55. The predicted molar refractivity (Wildman–Crippen MR) is 77.1 cm³/mol. The van der Waals surface area contributed by atoms with Crippen molar-refractivity contribution in [2.24, 2.45) is 5.92 Å². The first-order valence-electron chi connectivity index (χ1n) is 6.75. The average Bonchev–Trinajstić information content (AvgIpc) is 2.44. The zero-order chi connectivity index (χ0) is 14.1. The molecule has 0 aliphatic carbocycles. The Labute approximate surface area is 121 Å². The number of ether oxygens (including phenoxy) is 1. The van der Waals surface area contributed by atoms with Crippen molar-refractivity contribution in [1.82, 2.24) is 14.5 Å². The highest BCUT2D eigenvalue weighted by Crippen LogP contribution is 2.20. The van der Waals surface area contributed by atoms with Gasteiger partial charge in [0, 0.05) is 37.4 Å². The number of halogens is 1. The number of pyridine rings is 1. The van der Waals surface area contributed by atoms with Gasteiger partial charge in [-0.05, 0) is 42.8 Å². The van der Waals surface area contributed by atoms with Gasteiger partial charge in [0.1, 0.15) is 5.65 Å². The molecule has 2 aromatic heterocycles. The lowest BCUT2D eigenvalue weighted by Gasteiger charge is -2.23. The fourth-order valence-corrected chi connectivity index (χ4v) is 2.77. The lowest BCUT2D eigenvalue weighted by Crippen LogP contribution is -2.28. The van der Waals surface area contributed by atoms with E-state index in [0.717, 1.165) is 37.0 Å². The van der Waals surface area contributed by atoms with Gasteiger partial charge in [0.2, 0.25) is 5.28 Å². The van der Waals surface area contributed by atoms with Gasteiger partial charge in [0.15, 0.2) is 0 Å². The van der Waals surface area contributed by atoms with Gasteiger partial charge >= 0.3 is 0 Å². The molecule has 1 aliphatic heterocycles. The Kier molecular flexibility index (Phi) is 3.72. The van der Waals surface area contributed by atoms with Gasteiger partial charge < -0.3 is 4.74 Å². The minimum atomic E-state index is -0.0312. The number of aryl methyl sites for hydroxylation is 1. The SMILES string of the molecule is Cc1cc(=O)n(CC2CCOCC2)c2nc(Cl)ncc12. The summed E-state index contributed by atoms with van der Waals surface area (Å²) in [6, 6.07) is 1.64. The van der Waals surface area contributed by atoms with Gasteiger partial charge in [-0.25, -0.2) is 4.98 Å². The first kappa shape index (κ1) is 13.5. The molecular weight excluding hydrogens is 278 g/mol. The maximum Gasteiger partial charge on any atom is 0.252 e. The van der Waals surface area contributed by atoms with Crippen LogP contribution in [0, 0.1) is 12.8 Å². The Bertz CT molecular complexity index is 693. The van der Waals surface area contributed by atoms with Crippen LogP contribution in [0.2, 0.25) is 5.28 Å². The monoisotopic (exact) mass is 293 g/mol. The quantitative estimate of drug-likeness (QED) is 0.796. The van der Waals surface area contributed by atoms with Gasteiger partial charge in [0.05, 0.1) is 0 Å². The molecule has 20 heavy (non-hydrogen) atoms. The highest BCUT2D eigenvalue weighted by Gasteiger charge is 2.17. The van der Waals surface area contributed by atoms with Gasteiger partial charge in [-0.1, -0.05) is 0 Å². The van der Waals surface area contributed by atoms with E-state index in [1.54, 1.807) is 16.8 Å². The number of hydrogen-bond donors (Lipinski definition) is 0. The van der Waals surface area contributed by atoms with Crippen molar-refractivity contribution in [3.8, 4) is 0 Å². The smallest absolute Gasteiger partial charge is 0.252 e. The Balaban J connectivity index is 2.08. The molecule has 1 aliphatic rings. The summed E-state index contributed by atoms with van der Waals surface area (Å²) in [5.41, 5.74) is 1.47. The molecule has 0 aromatic carbocycles. The molecule has 2 aromatic rings. The number of hydrogen-bond acceptors (Lipinski definition) is 4. The topological polar surface area (TPSA) is 57.0 Å². The molecule has 5 nitrogen and oxygen atoms in total. The lowest BCUT2D eigenvalue weighted by molar-refractivity contribution is 0.0613. The van der Waals surface area contributed by atoms with Crippen LogP contribution >= 0.6 is 11.6 Å². The van der Waals surface area contributed by atoms with E-state index in [4.69, 9.17) is 16.3 Å². The van der Waals surface area contributed by atoms with Gasteiger partial charge in [-0.15, -0.1) is 0 Å². The van der Waals surface area contributed by atoms with Crippen LogP contribution in [0.3, 0.4) is 0 Å². The summed E-state index contributed by atoms with van der Waals surface area (Å²) in [7, 11) is 0. The standard InChI is InChI=1S/C14H16ClN3O2/c1-9-6-12(19)18(8-10-2-4-20-5-3-10)13-11(9)7-16-14(15)17-13/h6-7,10H,2-5,8H2,1H3. The first-order chi connectivity index (χ1) is 9.65. The van der Waals surface area contributed by atoms with Gasteiger partial charge in [-0.2, -0.15) is 4.98 Å². The molecule has 3 rings (SSSR count). The van der Waals surface area contributed by atoms with Gasteiger partial charge in [0.25, 0.3) is 5.56 Å². The second-order valence-corrected chi connectivity index (χ2v) is 5.55. The van der Waals surface area contributed by atoms with E-state index >= 15 is 0 Å². The maximum absolute atomic E-state index is 12.3. The second kappa shape index (κ2) is 5.50. The Morgan fingerprint density at radius 1 is 1.45 bits per heavy atom. The normalized spacial score (nSPS) is 16.7. The summed E-state index contributed by atoms with van der Waals surface area (Å²) >= 11 is 5.88. The van der Waals surface area contributed by atoms with Crippen LogP contribution in [0.5, 0.6) is 0 Å². The van der Waals surface area contributed by atoms with Crippen LogP contribution in [0.15, 0.2) is 17.1 Å². The summed E-state index contributed by atoms with van der Waals surface area (Å²) in [5.74, 6) is 0.445. The molecule has 0 atom stereocenters. The molecule has 0 bridgehead atoms. The third-order valence-electron chi connectivity index (χ3n) is 3.81. The molecule has 0 amide bonds. The Morgan fingerprint density at radius 3 is 2.95 bits per heavy atom. The molecule has 1 fully saturated rings. The fraction of sp³-hybridized carbons (Fsp3) is 0.500. The minimum absolute atomic E-state index is 0.0312. The van der Waals surface area contributed by atoms with E-state index in [1.807, 2.05) is 6.92 Å². The van der Waals surface area contributed by atoms with Crippen molar-refractivity contribution >= 4 is 22.6 Å². The molecule has 0 unspecified atom stereocenters. The Morgan fingerprint density at radius 2 is 2.20 bits per heavy atom. The van der Waals surface area contributed by atoms with Crippen LogP contribution < -0.4 is 5.56 Å². The summed E-state index contributed by atoms with van der Waals surface area (Å²) < 4.78 is 7.07. The van der Waals surface area contributed by atoms with E-state index in [0.29, 0.717) is 18.1 Å². The van der Waals surface area contributed by atoms with Crippen molar-refractivity contribution in [2.45, 2.75) is 26.3 Å². The van der Waals surface area contributed by atoms with Crippen molar-refractivity contribution in [1.29, 1.82) is 0 Å². The first-order valence-corrected chi connectivity index (χ1v) is 7.13. The van der Waals surface area contributed by atoms with Crippen LogP contribution in [-0.4, -0.2) is 27.7 Å². The molecule has 106 valence electrons. The summed E-state index contributed by atoms with van der Waals surface area (Å²) in [4.78, 5) is 20.5. The van der Waals surface area contributed by atoms with Crippen LogP contribution in [0.1, 0.15) is 18.4 Å². The number of fused-ring (bicyclic) bond motifs is 1. The molecule has 3 heterocycles. The van der Waals surface area contributed by atoms with E-state index in [-0.39, 0.29) is 10.8 Å². The van der Waals surface area contributed by atoms with Crippen molar-refractivity contribution < 1.29 is 4.74 Å². The molecule has 0 spiro atoms. The third-order valence-corrected chi connectivity index (χ3v) is 3.99. The number of rotatable bonds is 2. The zero-order valence-electron chi connectivity index (χ0n) is 11.3. The molecular formula is C14H16ClN3O2. The summed E-state index contributed by atoms with van der Waals surface area (Å²) in [6.07, 6.45) is 3.63. The van der Waals surface area contributed by atoms with Gasteiger partial charge in [-0.3, -0.25) is 9.36 Å². The fourth-order valence-electron chi connectivity index (χ4n) is 2.64.